The maximum absolute atomic E-state index is 14.2. The predicted molar refractivity (Wildman–Crippen MR) is 129 cm³/mol. The van der Waals surface area contributed by atoms with Crippen LogP contribution in [0.25, 0.3) is 10.6 Å². The number of benzene rings is 1. The van der Waals surface area contributed by atoms with Gasteiger partial charge in [0, 0.05) is 31.5 Å². The summed E-state index contributed by atoms with van der Waals surface area (Å²) in [7, 11) is 0. The molecule has 4 N–H and O–H groups in total. The molecule has 1 aromatic carbocycles. The van der Waals surface area contributed by atoms with Gasteiger partial charge in [-0.25, -0.2) is 13.8 Å². The van der Waals surface area contributed by atoms with E-state index in [1.807, 2.05) is 13.0 Å². The first kappa shape index (κ1) is 24.4. The molecular weight excluding hydrogens is 458 g/mol. The number of ketones is 1. The molecule has 0 radical (unpaired) electrons. The van der Waals surface area contributed by atoms with Gasteiger partial charge in [0.2, 0.25) is 0 Å². The molecule has 4 rings (SSSR count). The lowest BCUT2D eigenvalue weighted by Crippen LogP contribution is -2.46. The SMILES string of the molecule is CCO[C@H]1[C@H](C)C[C@@H](c2ccncc2CC(=O)c2nc(-c3c(F)cccc3F)sc2N)C[C@@H]1N. The number of carbonyl (C=O) groups is 1. The van der Waals surface area contributed by atoms with Gasteiger partial charge in [-0.3, -0.25) is 9.78 Å². The van der Waals surface area contributed by atoms with Crippen molar-refractivity contribution >= 4 is 22.1 Å². The van der Waals surface area contributed by atoms with Gasteiger partial charge in [-0.05, 0) is 60.9 Å². The third kappa shape index (κ3) is 4.87. The fourth-order valence-corrected chi connectivity index (χ4v) is 5.78. The Morgan fingerprint density at radius 3 is 2.65 bits per heavy atom. The number of rotatable bonds is 7. The van der Waals surface area contributed by atoms with Gasteiger partial charge in [-0.2, -0.15) is 0 Å². The van der Waals surface area contributed by atoms with Crippen LogP contribution in [0, 0.1) is 17.6 Å². The van der Waals surface area contributed by atoms with Crippen LogP contribution in [0.3, 0.4) is 0 Å². The van der Waals surface area contributed by atoms with Gasteiger partial charge in [-0.15, -0.1) is 0 Å². The summed E-state index contributed by atoms with van der Waals surface area (Å²) in [6.45, 7) is 4.72. The molecule has 0 saturated heterocycles. The van der Waals surface area contributed by atoms with Gasteiger partial charge in [0.25, 0.3) is 0 Å². The number of hydrogen-bond acceptors (Lipinski definition) is 7. The van der Waals surface area contributed by atoms with Crippen molar-refractivity contribution in [1.82, 2.24) is 9.97 Å². The maximum atomic E-state index is 14.2. The molecule has 1 fully saturated rings. The van der Waals surface area contributed by atoms with Crippen LogP contribution in [-0.2, 0) is 11.2 Å². The zero-order valence-electron chi connectivity index (χ0n) is 19.1. The lowest BCUT2D eigenvalue weighted by molar-refractivity contribution is -0.0163. The maximum Gasteiger partial charge on any atom is 0.188 e. The standard InChI is InChI=1S/C25H28F2N4O2S/c1-3-33-23-13(2)9-14(10-19(23)28)16-7-8-30-12-15(16)11-20(32)22-24(29)34-25(31-22)21-17(26)5-4-6-18(21)27/h4-8,12-14,19,23H,3,9-11,28-29H2,1-2H3/t13-,14-,19+,23+/m1/s1. The van der Waals surface area contributed by atoms with Crippen LogP contribution in [0.4, 0.5) is 13.8 Å². The highest BCUT2D eigenvalue weighted by Crippen LogP contribution is 2.39. The molecule has 2 heterocycles. The number of aromatic nitrogens is 2. The molecule has 1 saturated carbocycles. The number of Topliss-reactive ketones (excluding diaryl/α,β-unsaturated/α-hetero) is 1. The van der Waals surface area contributed by atoms with E-state index in [4.69, 9.17) is 16.2 Å². The Morgan fingerprint density at radius 1 is 1.24 bits per heavy atom. The first-order valence-electron chi connectivity index (χ1n) is 11.3. The Morgan fingerprint density at radius 2 is 1.97 bits per heavy atom. The number of nitrogens with two attached hydrogens (primary N) is 2. The van der Waals surface area contributed by atoms with Gasteiger partial charge >= 0.3 is 0 Å². The average molecular weight is 487 g/mol. The molecule has 180 valence electrons. The van der Waals surface area contributed by atoms with E-state index in [0.29, 0.717) is 6.61 Å². The van der Waals surface area contributed by atoms with E-state index < -0.39 is 11.6 Å². The molecule has 0 aliphatic heterocycles. The number of carbonyl (C=O) groups excluding carboxylic acids is 1. The summed E-state index contributed by atoms with van der Waals surface area (Å²) in [6, 6.07) is 5.39. The minimum Gasteiger partial charge on any atom is -0.389 e. The highest BCUT2D eigenvalue weighted by molar-refractivity contribution is 7.19. The van der Waals surface area contributed by atoms with Crippen LogP contribution >= 0.6 is 11.3 Å². The predicted octanol–water partition coefficient (Wildman–Crippen LogP) is 4.74. The second kappa shape index (κ2) is 10.2. The number of thiazole rings is 1. The minimum absolute atomic E-state index is 0.0140. The van der Waals surface area contributed by atoms with Crippen LogP contribution in [-0.4, -0.2) is 34.5 Å². The summed E-state index contributed by atoms with van der Waals surface area (Å²) in [6.07, 6.45) is 5.07. The van der Waals surface area contributed by atoms with Crippen molar-refractivity contribution in [2.24, 2.45) is 11.7 Å². The number of pyridine rings is 1. The molecule has 0 spiro atoms. The summed E-state index contributed by atoms with van der Waals surface area (Å²) >= 11 is 0.892. The summed E-state index contributed by atoms with van der Waals surface area (Å²) in [4.78, 5) is 21.6. The smallest absolute Gasteiger partial charge is 0.188 e. The van der Waals surface area contributed by atoms with Gasteiger partial charge in [0.05, 0.1) is 11.7 Å². The van der Waals surface area contributed by atoms with Crippen LogP contribution in [0.15, 0.2) is 36.7 Å². The molecule has 4 atom stereocenters. The van der Waals surface area contributed by atoms with Crippen LogP contribution in [0.1, 0.15) is 54.2 Å². The first-order chi connectivity index (χ1) is 16.3. The van der Waals surface area contributed by atoms with Gasteiger partial charge in [-0.1, -0.05) is 24.3 Å². The molecular formula is C25H28F2N4O2S. The number of ether oxygens (including phenoxy) is 1. The quantitative estimate of drug-likeness (QED) is 0.468. The Labute approximate surface area is 201 Å². The van der Waals surface area contributed by atoms with E-state index in [1.54, 1.807) is 12.4 Å². The molecule has 34 heavy (non-hydrogen) atoms. The molecule has 9 heteroatoms. The Hall–Kier alpha value is -2.75. The molecule has 0 unspecified atom stereocenters. The second-order valence-corrected chi connectivity index (χ2v) is 9.76. The van der Waals surface area contributed by atoms with Gasteiger partial charge in [0.15, 0.2) is 5.78 Å². The van der Waals surface area contributed by atoms with Crippen LogP contribution in [0.2, 0.25) is 0 Å². The number of hydrogen-bond donors (Lipinski definition) is 2. The topological polar surface area (TPSA) is 104 Å². The zero-order valence-corrected chi connectivity index (χ0v) is 19.9. The minimum atomic E-state index is -0.754. The number of nitrogen functional groups attached to an aromatic ring is 1. The zero-order chi connectivity index (χ0) is 24.4. The lowest BCUT2D eigenvalue weighted by Gasteiger charge is -2.39. The monoisotopic (exact) mass is 486 g/mol. The Bertz CT molecular complexity index is 1150. The molecule has 3 aromatic rings. The van der Waals surface area contributed by atoms with Crippen molar-refractivity contribution in [1.29, 1.82) is 0 Å². The first-order valence-corrected chi connectivity index (χ1v) is 12.2. The average Bonchev–Trinajstić information content (AvgIpc) is 3.17. The van der Waals surface area contributed by atoms with Crippen LogP contribution in [0.5, 0.6) is 0 Å². The Kier molecular flexibility index (Phi) is 7.35. The van der Waals surface area contributed by atoms with E-state index in [1.165, 1.54) is 6.07 Å². The van der Waals surface area contributed by atoms with E-state index in [-0.39, 0.29) is 57.5 Å². The summed E-state index contributed by atoms with van der Waals surface area (Å²) < 4.78 is 34.2. The van der Waals surface area contributed by atoms with Crippen molar-refractivity contribution < 1.29 is 18.3 Å². The summed E-state index contributed by atoms with van der Waals surface area (Å²) in [5.41, 5.74) is 14.0. The van der Waals surface area contributed by atoms with Crippen molar-refractivity contribution in [2.75, 3.05) is 12.3 Å². The third-order valence-electron chi connectivity index (χ3n) is 6.38. The molecule has 2 aromatic heterocycles. The lowest BCUT2D eigenvalue weighted by atomic mass is 9.73. The van der Waals surface area contributed by atoms with Gasteiger partial charge in [0.1, 0.15) is 27.3 Å². The van der Waals surface area contributed by atoms with E-state index in [2.05, 4.69) is 16.9 Å². The largest absolute Gasteiger partial charge is 0.389 e. The molecule has 0 bridgehead atoms. The third-order valence-corrected chi connectivity index (χ3v) is 7.28. The van der Waals surface area contributed by atoms with Crippen LogP contribution < -0.4 is 11.5 Å². The van der Waals surface area contributed by atoms with Crippen molar-refractivity contribution in [3.8, 4) is 10.6 Å². The van der Waals surface area contributed by atoms with Crippen molar-refractivity contribution in [2.45, 2.75) is 51.2 Å². The van der Waals surface area contributed by atoms with E-state index in [9.17, 15) is 13.6 Å². The highest BCUT2D eigenvalue weighted by atomic mass is 32.1. The summed E-state index contributed by atoms with van der Waals surface area (Å²) in [5.74, 6) is -1.39. The molecule has 0 amide bonds. The molecule has 1 aliphatic rings. The number of nitrogens with zero attached hydrogens (tertiary/aromatic N) is 2. The number of anilines is 1. The van der Waals surface area contributed by atoms with Crippen molar-refractivity contribution in [3.05, 3.63) is 65.1 Å². The summed E-state index contributed by atoms with van der Waals surface area (Å²) in [5, 5.41) is 0.165. The van der Waals surface area contributed by atoms with Gasteiger partial charge < -0.3 is 16.2 Å². The second-order valence-electron chi connectivity index (χ2n) is 8.73. The molecule has 6 nitrogen and oxygen atoms in total. The fourth-order valence-electron chi connectivity index (χ4n) is 4.88. The van der Waals surface area contributed by atoms with Crippen molar-refractivity contribution in [3.63, 3.8) is 0 Å². The molecule has 1 aliphatic carbocycles. The fraction of sp³-hybridized carbons (Fsp3) is 0.400. The Balaban J connectivity index is 1.57. The van der Waals surface area contributed by atoms with E-state index >= 15 is 0 Å². The highest BCUT2D eigenvalue weighted by Gasteiger charge is 2.35. The number of halogens is 2. The normalized spacial score (nSPS) is 22.6. The van der Waals surface area contributed by atoms with E-state index in [0.717, 1.165) is 47.4 Å².